The van der Waals surface area contributed by atoms with E-state index in [0.717, 1.165) is 41.8 Å². The van der Waals surface area contributed by atoms with Crippen molar-refractivity contribution < 1.29 is 4.74 Å². The molecule has 0 spiro atoms. The summed E-state index contributed by atoms with van der Waals surface area (Å²) in [5.41, 5.74) is 1.53. The van der Waals surface area contributed by atoms with Crippen LogP contribution in [0.5, 0.6) is 5.75 Å². The predicted molar refractivity (Wildman–Crippen MR) is 117 cm³/mol. The van der Waals surface area contributed by atoms with Crippen LogP contribution in [-0.2, 0) is 0 Å². The van der Waals surface area contributed by atoms with Crippen LogP contribution in [0.15, 0.2) is 24.3 Å². The van der Waals surface area contributed by atoms with E-state index >= 15 is 0 Å². The molecule has 1 aromatic carbocycles. The van der Waals surface area contributed by atoms with Crippen molar-refractivity contribution in [2.75, 3.05) is 6.61 Å². The highest BCUT2D eigenvalue weighted by Gasteiger charge is 2.28. The van der Waals surface area contributed by atoms with Gasteiger partial charge in [-0.1, -0.05) is 62.9 Å². The lowest BCUT2D eigenvalue weighted by molar-refractivity contribution is 0.135. The van der Waals surface area contributed by atoms with Gasteiger partial charge in [0.15, 0.2) is 0 Å². The van der Waals surface area contributed by atoms with E-state index in [1.807, 2.05) is 0 Å². The van der Waals surface area contributed by atoms with Gasteiger partial charge in [0.05, 0.1) is 6.61 Å². The van der Waals surface area contributed by atoms with Gasteiger partial charge in [-0.05, 0) is 79.9 Å². The Labute approximate surface area is 168 Å². The zero-order valence-corrected chi connectivity index (χ0v) is 17.5. The minimum absolute atomic E-state index is 0.782. The molecule has 0 saturated heterocycles. The predicted octanol–water partition coefficient (Wildman–Crippen LogP) is 6.53. The van der Waals surface area contributed by atoms with E-state index in [1.54, 1.807) is 0 Å². The fraction of sp³-hybridized carbons (Fsp3) is 0.760. The van der Waals surface area contributed by atoms with Gasteiger partial charge in [0.1, 0.15) is 13.6 Å². The van der Waals surface area contributed by atoms with Crippen molar-refractivity contribution in [1.82, 2.24) is 0 Å². The lowest BCUT2D eigenvalue weighted by Gasteiger charge is -2.35. The third-order valence-corrected chi connectivity index (χ3v) is 8.06. The Hall–Kier alpha value is -0.915. The molecule has 3 saturated carbocycles. The van der Waals surface area contributed by atoms with E-state index in [4.69, 9.17) is 4.74 Å². The Morgan fingerprint density at radius 2 is 1.33 bits per heavy atom. The molecule has 3 aliphatic carbocycles. The molecule has 0 unspecified atom stereocenters. The Kier molecular flexibility index (Phi) is 6.85. The SMILES string of the molecule is BC1CCC(c2ccc(OCC3CCC(C4CCCCC4)CC3)cc2)CC1. The lowest BCUT2D eigenvalue weighted by atomic mass is 9.70. The number of hydrogen-bond donors (Lipinski definition) is 0. The molecule has 3 aliphatic rings. The van der Waals surface area contributed by atoms with E-state index in [1.165, 1.54) is 89.0 Å². The average Bonchev–Trinajstić information content (AvgIpc) is 2.74. The van der Waals surface area contributed by atoms with E-state index in [-0.39, 0.29) is 0 Å². The van der Waals surface area contributed by atoms with Crippen LogP contribution in [0, 0.1) is 17.8 Å². The fourth-order valence-electron chi connectivity index (χ4n) is 6.08. The molecule has 3 fully saturated rings. The Bertz CT molecular complexity index is 546. The van der Waals surface area contributed by atoms with Gasteiger partial charge in [-0.3, -0.25) is 0 Å². The topological polar surface area (TPSA) is 9.23 Å². The summed E-state index contributed by atoms with van der Waals surface area (Å²) in [6.07, 6.45) is 18.7. The maximum Gasteiger partial charge on any atom is 0.119 e. The molecule has 4 rings (SSSR count). The van der Waals surface area contributed by atoms with Crippen molar-refractivity contribution in [2.24, 2.45) is 17.8 Å². The standard InChI is InChI=1S/C25H39BO/c26-24-14-10-22(11-15-24)23-12-16-25(17-13-23)27-18-19-6-8-21(9-7-19)20-4-2-1-3-5-20/h12-13,16-17,19-22,24H,1-11,14-15,18,26H2. The first-order valence-corrected chi connectivity index (χ1v) is 12.0. The van der Waals surface area contributed by atoms with Gasteiger partial charge >= 0.3 is 0 Å². The van der Waals surface area contributed by atoms with Crippen LogP contribution in [0.3, 0.4) is 0 Å². The normalized spacial score (nSPS) is 32.9. The van der Waals surface area contributed by atoms with E-state index in [2.05, 4.69) is 32.1 Å². The second kappa shape index (κ2) is 9.53. The monoisotopic (exact) mass is 366 g/mol. The largest absolute Gasteiger partial charge is 0.493 e. The van der Waals surface area contributed by atoms with Crippen molar-refractivity contribution in [3.8, 4) is 5.75 Å². The summed E-state index contributed by atoms with van der Waals surface area (Å²) < 4.78 is 6.19. The molecule has 0 aromatic heterocycles. The van der Waals surface area contributed by atoms with Crippen molar-refractivity contribution in [3.05, 3.63) is 29.8 Å². The van der Waals surface area contributed by atoms with Crippen molar-refractivity contribution in [3.63, 3.8) is 0 Å². The molecule has 0 radical (unpaired) electrons. The average molecular weight is 366 g/mol. The van der Waals surface area contributed by atoms with E-state index < -0.39 is 0 Å². The summed E-state index contributed by atoms with van der Waals surface area (Å²) in [5, 5.41) is 0. The highest BCUT2D eigenvalue weighted by Crippen LogP contribution is 2.40. The van der Waals surface area contributed by atoms with Crippen LogP contribution in [0.1, 0.15) is 95.0 Å². The van der Waals surface area contributed by atoms with Gasteiger partial charge in [0.2, 0.25) is 0 Å². The summed E-state index contributed by atoms with van der Waals surface area (Å²) in [7, 11) is 2.40. The number of ether oxygens (including phenoxy) is 1. The first kappa shape index (κ1) is 19.4. The van der Waals surface area contributed by atoms with Crippen molar-refractivity contribution in [2.45, 2.75) is 95.2 Å². The third kappa shape index (κ3) is 5.33. The Morgan fingerprint density at radius 1 is 0.704 bits per heavy atom. The minimum atomic E-state index is 0.782. The molecule has 1 nitrogen and oxygen atoms in total. The summed E-state index contributed by atoms with van der Waals surface area (Å²) in [5.74, 6) is 5.65. The van der Waals surface area contributed by atoms with Gasteiger partial charge < -0.3 is 4.74 Å². The van der Waals surface area contributed by atoms with Crippen LogP contribution < -0.4 is 4.74 Å². The summed E-state index contributed by atoms with van der Waals surface area (Å²) >= 11 is 0. The van der Waals surface area contributed by atoms with Crippen LogP contribution in [0.2, 0.25) is 5.82 Å². The molecule has 2 heteroatoms. The van der Waals surface area contributed by atoms with Gasteiger partial charge in [0.25, 0.3) is 0 Å². The molecule has 0 atom stereocenters. The molecule has 0 aliphatic heterocycles. The first-order valence-electron chi connectivity index (χ1n) is 12.0. The Balaban J connectivity index is 1.19. The molecule has 0 amide bonds. The molecular weight excluding hydrogens is 327 g/mol. The second-order valence-electron chi connectivity index (χ2n) is 10.0. The number of rotatable bonds is 5. The van der Waals surface area contributed by atoms with Gasteiger partial charge in [0, 0.05) is 0 Å². The van der Waals surface area contributed by atoms with E-state index in [0.29, 0.717) is 0 Å². The highest BCUT2D eigenvalue weighted by atomic mass is 16.5. The van der Waals surface area contributed by atoms with Crippen LogP contribution in [-0.4, -0.2) is 14.5 Å². The van der Waals surface area contributed by atoms with Gasteiger partial charge in [-0.2, -0.15) is 0 Å². The molecule has 27 heavy (non-hydrogen) atoms. The highest BCUT2D eigenvalue weighted by molar-refractivity contribution is 6.11. The molecule has 148 valence electrons. The quantitative estimate of drug-likeness (QED) is 0.538. The molecule has 0 N–H and O–H groups in total. The van der Waals surface area contributed by atoms with Gasteiger partial charge in [-0.25, -0.2) is 0 Å². The van der Waals surface area contributed by atoms with Crippen molar-refractivity contribution in [1.29, 1.82) is 0 Å². The van der Waals surface area contributed by atoms with Crippen molar-refractivity contribution >= 4 is 7.85 Å². The molecule has 0 bridgehead atoms. The summed E-state index contributed by atoms with van der Waals surface area (Å²) in [6.45, 7) is 0.928. The van der Waals surface area contributed by atoms with E-state index in [9.17, 15) is 0 Å². The molecular formula is C25H39BO. The second-order valence-corrected chi connectivity index (χ2v) is 10.0. The summed E-state index contributed by atoms with van der Waals surface area (Å²) in [4.78, 5) is 0. The number of benzene rings is 1. The van der Waals surface area contributed by atoms with Crippen LogP contribution >= 0.6 is 0 Å². The van der Waals surface area contributed by atoms with Crippen LogP contribution in [0.4, 0.5) is 0 Å². The lowest BCUT2D eigenvalue weighted by Crippen LogP contribution is -2.26. The van der Waals surface area contributed by atoms with Crippen LogP contribution in [0.25, 0.3) is 0 Å². The maximum absolute atomic E-state index is 6.19. The summed E-state index contributed by atoms with van der Waals surface area (Å²) in [6, 6.07) is 9.11. The Morgan fingerprint density at radius 3 is 2.00 bits per heavy atom. The molecule has 1 aromatic rings. The minimum Gasteiger partial charge on any atom is -0.493 e. The number of hydrogen-bond acceptors (Lipinski definition) is 1. The zero-order valence-electron chi connectivity index (χ0n) is 17.5. The smallest absolute Gasteiger partial charge is 0.119 e. The fourth-order valence-corrected chi connectivity index (χ4v) is 6.08. The first-order chi connectivity index (χ1) is 13.3. The zero-order chi connectivity index (χ0) is 18.5. The maximum atomic E-state index is 6.19. The third-order valence-electron chi connectivity index (χ3n) is 8.06. The molecule has 0 heterocycles. The van der Waals surface area contributed by atoms with Gasteiger partial charge in [-0.15, -0.1) is 0 Å².